The van der Waals surface area contributed by atoms with E-state index in [1.54, 1.807) is 37.4 Å². The molecule has 1 fully saturated rings. The van der Waals surface area contributed by atoms with Crippen LogP contribution in [0.2, 0.25) is 0 Å². The van der Waals surface area contributed by atoms with Crippen LogP contribution in [-0.4, -0.2) is 93.6 Å². The highest BCUT2D eigenvalue weighted by Crippen LogP contribution is 2.29. The molecule has 2 aromatic rings. The van der Waals surface area contributed by atoms with Gasteiger partial charge in [-0.3, -0.25) is 0 Å². The number of aliphatic hydroxyl groups excluding tert-OH is 3. The fourth-order valence-electron chi connectivity index (χ4n) is 3.96. The Balaban J connectivity index is 1.57. The standard InChI is InChI=1S/C27H34O11/c1-32-18-8-5-16(13-20(18)34-3)7-10-23(29)38-26-22(15-28)37-27(25(31)24(26)30)36-12-11-17-6-9-19(33-2)21(14-17)35-4/h5-10,13-14,22,24-28,30-31H,11-12,15H2,1-4H3/b10-7+. The average Bonchev–Trinajstić information content (AvgIpc) is 2.95. The number of ether oxygens (including phenoxy) is 7. The van der Waals surface area contributed by atoms with Crippen molar-refractivity contribution in [2.24, 2.45) is 0 Å². The van der Waals surface area contributed by atoms with Crippen molar-refractivity contribution in [1.29, 1.82) is 0 Å². The van der Waals surface area contributed by atoms with E-state index in [4.69, 9.17) is 33.2 Å². The Morgan fingerprint density at radius 2 is 1.53 bits per heavy atom. The van der Waals surface area contributed by atoms with Crippen molar-refractivity contribution in [3.05, 3.63) is 53.6 Å². The highest BCUT2D eigenvalue weighted by molar-refractivity contribution is 5.87. The van der Waals surface area contributed by atoms with Gasteiger partial charge in [-0.1, -0.05) is 12.1 Å². The molecule has 3 N–H and O–H groups in total. The van der Waals surface area contributed by atoms with Crippen molar-refractivity contribution in [1.82, 2.24) is 0 Å². The molecule has 0 aromatic heterocycles. The third-order valence-corrected chi connectivity index (χ3v) is 6.01. The van der Waals surface area contributed by atoms with Crippen LogP contribution in [0.4, 0.5) is 0 Å². The van der Waals surface area contributed by atoms with E-state index in [0.717, 1.165) is 11.6 Å². The number of carbonyl (C=O) groups excluding carboxylic acids is 1. The smallest absolute Gasteiger partial charge is 0.331 e. The summed E-state index contributed by atoms with van der Waals surface area (Å²) >= 11 is 0. The predicted octanol–water partition coefficient (Wildman–Crippen LogP) is 1.34. The van der Waals surface area contributed by atoms with Crippen LogP contribution in [-0.2, 0) is 25.4 Å². The molecule has 5 unspecified atom stereocenters. The van der Waals surface area contributed by atoms with Gasteiger partial charge in [0.2, 0.25) is 0 Å². The number of esters is 1. The van der Waals surface area contributed by atoms with Crippen LogP contribution in [0.3, 0.4) is 0 Å². The van der Waals surface area contributed by atoms with Crippen molar-refractivity contribution in [3.63, 3.8) is 0 Å². The Hall–Kier alpha value is -3.35. The highest BCUT2D eigenvalue weighted by atomic mass is 16.7. The summed E-state index contributed by atoms with van der Waals surface area (Å²) < 4.78 is 37.5. The van der Waals surface area contributed by atoms with Crippen molar-refractivity contribution in [3.8, 4) is 23.0 Å². The third-order valence-electron chi connectivity index (χ3n) is 6.01. The SMILES string of the molecule is COc1ccc(/C=C/C(=O)OC2C(CO)OC(OCCc3ccc(OC)c(OC)c3)C(O)C2O)cc1OC. The normalized spacial score (nSPS) is 23.2. The summed E-state index contributed by atoms with van der Waals surface area (Å²) in [4.78, 5) is 12.4. The van der Waals surface area contributed by atoms with Gasteiger partial charge in [-0.05, 0) is 47.9 Å². The minimum Gasteiger partial charge on any atom is -0.493 e. The van der Waals surface area contributed by atoms with E-state index < -0.39 is 43.3 Å². The molecule has 38 heavy (non-hydrogen) atoms. The molecule has 1 heterocycles. The molecule has 11 nitrogen and oxygen atoms in total. The van der Waals surface area contributed by atoms with Gasteiger partial charge in [-0.15, -0.1) is 0 Å². The topological polar surface area (TPSA) is 142 Å². The molecule has 0 spiro atoms. The van der Waals surface area contributed by atoms with Crippen molar-refractivity contribution < 1.29 is 53.3 Å². The molecule has 5 atom stereocenters. The maximum atomic E-state index is 12.4. The summed E-state index contributed by atoms with van der Waals surface area (Å²) in [6.07, 6.45) is -3.64. The Morgan fingerprint density at radius 3 is 2.16 bits per heavy atom. The van der Waals surface area contributed by atoms with E-state index in [-0.39, 0.29) is 6.61 Å². The molecule has 2 aromatic carbocycles. The van der Waals surface area contributed by atoms with Gasteiger partial charge in [0.1, 0.15) is 18.3 Å². The van der Waals surface area contributed by atoms with Crippen LogP contribution in [0.1, 0.15) is 11.1 Å². The van der Waals surface area contributed by atoms with Gasteiger partial charge in [0.25, 0.3) is 0 Å². The van der Waals surface area contributed by atoms with Gasteiger partial charge in [-0.25, -0.2) is 4.79 Å². The maximum Gasteiger partial charge on any atom is 0.331 e. The Labute approximate surface area is 221 Å². The lowest BCUT2D eigenvalue weighted by Gasteiger charge is -2.41. The summed E-state index contributed by atoms with van der Waals surface area (Å²) in [5.41, 5.74) is 1.53. The van der Waals surface area contributed by atoms with Crippen LogP contribution >= 0.6 is 0 Å². The van der Waals surface area contributed by atoms with Gasteiger partial charge in [0.05, 0.1) is 41.7 Å². The van der Waals surface area contributed by atoms with Crippen LogP contribution < -0.4 is 18.9 Å². The fraction of sp³-hybridized carbons (Fsp3) is 0.444. The Morgan fingerprint density at radius 1 is 0.895 bits per heavy atom. The second-order valence-electron chi connectivity index (χ2n) is 8.37. The molecule has 0 radical (unpaired) electrons. The first-order chi connectivity index (χ1) is 18.3. The zero-order valence-electron chi connectivity index (χ0n) is 21.7. The third kappa shape index (κ3) is 7.15. The molecule has 3 rings (SSSR count). The number of benzene rings is 2. The van der Waals surface area contributed by atoms with Crippen LogP contribution in [0.5, 0.6) is 23.0 Å². The van der Waals surface area contributed by atoms with Crippen molar-refractivity contribution in [2.45, 2.75) is 37.1 Å². The highest BCUT2D eigenvalue weighted by Gasteiger charge is 2.46. The molecule has 1 aliphatic rings. The van der Waals surface area contributed by atoms with E-state index in [0.29, 0.717) is 35.0 Å². The van der Waals surface area contributed by atoms with E-state index in [2.05, 4.69) is 0 Å². The molecule has 11 heteroatoms. The summed E-state index contributed by atoms with van der Waals surface area (Å²) in [6, 6.07) is 10.5. The van der Waals surface area contributed by atoms with Crippen LogP contribution in [0, 0.1) is 0 Å². The predicted molar refractivity (Wildman–Crippen MR) is 135 cm³/mol. The van der Waals surface area contributed by atoms with Gasteiger partial charge in [-0.2, -0.15) is 0 Å². The molecular weight excluding hydrogens is 500 g/mol. The van der Waals surface area contributed by atoms with E-state index in [9.17, 15) is 20.1 Å². The lowest BCUT2D eigenvalue weighted by atomic mass is 9.99. The minimum atomic E-state index is -1.55. The second-order valence-corrected chi connectivity index (χ2v) is 8.37. The summed E-state index contributed by atoms with van der Waals surface area (Å²) in [5.74, 6) is 1.39. The number of hydrogen-bond donors (Lipinski definition) is 3. The molecule has 1 aliphatic heterocycles. The van der Waals surface area contributed by atoms with E-state index in [1.807, 2.05) is 6.07 Å². The summed E-state index contributed by atoms with van der Waals surface area (Å²) in [5, 5.41) is 31.0. The molecule has 0 saturated carbocycles. The van der Waals surface area contributed by atoms with Gasteiger partial charge >= 0.3 is 5.97 Å². The first kappa shape index (κ1) is 29.2. The largest absolute Gasteiger partial charge is 0.493 e. The second kappa shape index (κ2) is 14.0. The lowest BCUT2D eigenvalue weighted by molar-refractivity contribution is -0.302. The summed E-state index contributed by atoms with van der Waals surface area (Å²) in [6.45, 7) is -0.433. The number of hydrogen-bond acceptors (Lipinski definition) is 11. The van der Waals surface area contributed by atoms with Gasteiger partial charge in [0.15, 0.2) is 35.4 Å². The molecule has 208 valence electrons. The number of methoxy groups -OCH3 is 4. The van der Waals surface area contributed by atoms with Crippen LogP contribution in [0.15, 0.2) is 42.5 Å². The Bertz CT molecular complexity index is 1080. The quantitative estimate of drug-likeness (QED) is 0.268. The number of rotatable bonds is 12. The lowest BCUT2D eigenvalue weighted by Crippen LogP contribution is -2.60. The van der Waals surface area contributed by atoms with Gasteiger partial charge < -0.3 is 48.5 Å². The first-order valence-electron chi connectivity index (χ1n) is 11.9. The molecule has 0 amide bonds. The average molecular weight is 535 g/mol. The number of aliphatic hydroxyl groups is 3. The van der Waals surface area contributed by atoms with E-state index >= 15 is 0 Å². The fourth-order valence-corrected chi connectivity index (χ4v) is 3.96. The zero-order valence-corrected chi connectivity index (χ0v) is 21.7. The van der Waals surface area contributed by atoms with Gasteiger partial charge in [0, 0.05) is 6.08 Å². The summed E-state index contributed by atoms with van der Waals surface area (Å²) in [7, 11) is 6.10. The Kier molecular flexibility index (Phi) is 10.7. The van der Waals surface area contributed by atoms with E-state index in [1.165, 1.54) is 27.4 Å². The number of carbonyl (C=O) groups is 1. The minimum absolute atomic E-state index is 0.139. The van der Waals surface area contributed by atoms with Crippen LogP contribution in [0.25, 0.3) is 6.08 Å². The molecule has 0 aliphatic carbocycles. The van der Waals surface area contributed by atoms with Crippen molar-refractivity contribution >= 4 is 12.0 Å². The van der Waals surface area contributed by atoms with Crippen molar-refractivity contribution in [2.75, 3.05) is 41.7 Å². The molecule has 1 saturated heterocycles. The first-order valence-corrected chi connectivity index (χ1v) is 11.9. The monoisotopic (exact) mass is 534 g/mol. The maximum absolute atomic E-state index is 12.4. The molecule has 0 bridgehead atoms. The zero-order chi connectivity index (χ0) is 27.7. The molecular formula is C27H34O11.